The summed E-state index contributed by atoms with van der Waals surface area (Å²) in [5.74, 6) is 0. The van der Waals surface area contributed by atoms with E-state index in [2.05, 4.69) is 15.3 Å². The van der Waals surface area contributed by atoms with Crippen LogP contribution in [0.2, 0.25) is 5.02 Å². The number of rotatable bonds is 7. The molecule has 0 aliphatic heterocycles. The lowest BCUT2D eigenvalue weighted by molar-refractivity contribution is 0.199. The van der Waals surface area contributed by atoms with Gasteiger partial charge in [0.1, 0.15) is 11.4 Å². The van der Waals surface area contributed by atoms with Crippen LogP contribution in [0, 0.1) is 0 Å². The molecule has 0 spiro atoms. The van der Waals surface area contributed by atoms with Crippen molar-refractivity contribution in [2.24, 2.45) is 0 Å². The van der Waals surface area contributed by atoms with Crippen LogP contribution in [0.3, 0.4) is 0 Å². The van der Waals surface area contributed by atoms with E-state index < -0.39 is 0 Å². The van der Waals surface area contributed by atoms with Gasteiger partial charge < -0.3 is 10.1 Å². The predicted molar refractivity (Wildman–Crippen MR) is 81.2 cm³/mol. The van der Waals surface area contributed by atoms with Gasteiger partial charge in [0.25, 0.3) is 0 Å². The molecule has 0 atom stereocenters. The molecule has 0 aliphatic rings. The zero-order valence-electron chi connectivity index (χ0n) is 11.2. The van der Waals surface area contributed by atoms with Crippen LogP contribution in [0.25, 0.3) is 0 Å². The van der Waals surface area contributed by atoms with Crippen molar-refractivity contribution in [2.75, 3.05) is 20.3 Å². The lowest BCUT2D eigenvalue weighted by Gasteiger charge is -2.11. The van der Waals surface area contributed by atoms with Crippen LogP contribution < -0.4 is 5.32 Å². The monoisotopic (exact) mass is 309 g/mol. The number of nitrogens with one attached hydrogen (secondary N) is 1. The third-order valence-electron chi connectivity index (χ3n) is 2.63. The van der Waals surface area contributed by atoms with Crippen LogP contribution in [0.15, 0.2) is 46.7 Å². The Labute approximate surface area is 127 Å². The van der Waals surface area contributed by atoms with E-state index >= 15 is 0 Å². The van der Waals surface area contributed by atoms with E-state index in [0.717, 1.165) is 27.1 Å². The van der Waals surface area contributed by atoms with E-state index in [4.69, 9.17) is 16.3 Å². The smallest absolute Gasteiger partial charge is 0.116 e. The predicted octanol–water partition coefficient (Wildman–Crippen LogP) is 3.02. The zero-order valence-corrected chi connectivity index (χ0v) is 12.7. The molecular weight excluding hydrogens is 294 g/mol. The molecule has 20 heavy (non-hydrogen) atoms. The van der Waals surface area contributed by atoms with Crippen molar-refractivity contribution in [3.63, 3.8) is 0 Å². The largest absolute Gasteiger partial charge is 0.383 e. The summed E-state index contributed by atoms with van der Waals surface area (Å²) in [5, 5.41) is 4.98. The Morgan fingerprint density at radius 3 is 3.00 bits per heavy atom. The van der Waals surface area contributed by atoms with Crippen molar-refractivity contribution >= 4 is 23.4 Å². The molecule has 2 rings (SSSR count). The summed E-state index contributed by atoms with van der Waals surface area (Å²) < 4.78 is 5.02. The molecule has 0 saturated carbocycles. The van der Waals surface area contributed by atoms with E-state index in [1.807, 2.05) is 24.3 Å². The molecule has 0 amide bonds. The lowest BCUT2D eigenvalue weighted by Crippen LogP contribution is -2.19. The standard InChI is InChI=1S/C14H16ClN3OS/c1-19-8-7-16-9-11-12(15)3-2-4-13(11)20-14-5-6-17-10-18-14/h2-6,10,16H,7-9H2,1H3. The third kappa shape index (κ3) is 4.45. The molecule has 0 bridgehead atoms. The molecule has 0 radical (unpaired) electrons. The van der Waals surface area contributed by atoms with Gasteiger partial charge in [0.05, 0.1) is 6.61 Å². The molecule has 0 fully saturated rings. The van der Waals surface area contributed by atoms with Crippen molar-refractivity contribution < 1.29 is 4.74 Å². The second-order valence-corrected chi connectivity index (χ2v) is 5.51. The summed E-state index contributed by atoms with van der Waals surface area (Å²) in [4.78, 5) is 9.24. The minimum absolute atomic E-state index is 0.679. The van der Waals surface area contributed by atoms with E-state index in [-0.39, 0.29) is 0 Å². The highest BCUT2D eigenvalue weighted by Crippen LogP contribution is 2.32. The minimum Gasteiger partial charge on any atom is -0.383 e. The second-order valence-electron chi connectivity index (χ2n) is 4.04. The molecule has 6 heteroatoms. The maximum atomic E-state index is 6.29. The SMILES string of the molecule is COCCNCc1c(Cl)cccc1Sc1ccncn1. The Bertz CT molecular complexity index is 539. The first-order chi connectivity index (χ1) is 9.81. The first-order valence-corrected chi connectivity index (χ1v) is 7.41. The quantitative estimate of drug-likeness (QED) is 0.629. The van der Waals surface area contributed by atoms with Crippen LogP contribution in [-0.2, 0) is 11.3 Å². The Morgan fingerprint density at radius 2 is 2.25 bits per heavy atom. The second kappa shape index (κ2) is 8.21. The first-order valence-electron chi connectivity index (χ1n) is 6.22. The number of halogens is 1. The van der Waals surface area contributed by atoms with E-state index in [1.165, 1.54) is 0 Å². The maximum Gasteiger partial charge on any atom is 0.116 e. The van der Waals surface area contributed by atoms with Crippen LogP contribution >= 0.6 is 23.4 Å². The summed E-state index contributed by atoms with van der Waals surface area (Å²) in [6, 6.07) is 7.78. The van der Waals surface area contributed by atoms with Gasteiger partial charge in [-0.25, -0.2) is 9.97 Å². The van der Waals surface area contributed by atoms with Gasteiger partial charge in [-0.05, 0) is 23.8 Å². The van der Waals surface area contributed by atoms with Crippen LogP contribution in [0.4, 0.5) is 0 Å². The van der Waals surface area contributed by atoms with Crippen molar-refractivity contribution in [1.82, 2.24) is 15.3 Å². The molecule has 1 aromatic heterocycles. The normalized spacial score (nSPS) is 10.7. The van der Waals surface area contributed by atoms with Crippen molar-refractivity contribution in [1.29, 1.82) is 0 Å². The highest BCUT2D eigenvalue weighted by atomic mass is 35.5. The molecule has 1 heterocycles. The van der Waals surface area contributed by atoms with E-state index in [9.17, 15) is 0 Å². The Balaban J connectivity index is 2.09. The fraction of sp³-hybridized carbons (Fsp3) is 0.286. The van der Waals surface area contributed by atoms with Gasteiger partial charge in [0, 0.05) is 36.3 Å². The summed E-state index contributed by atoms with van der Waals surface area (Å²) in [7, 11) is 1.69. The van der Waals surface area contributed by atoms with E-state index in [0.29, 0.717) is 13.2 Å². The Morgan fingerprint density at radius 1 is 1.35 bits per heavy atom. The lowest BCUT2D eigenvalue weighted by atomic mass is 10.2. The molecule has 1 aromatic carbocycles. The third-order valence-corrected chi connectivity index (χ3v) is 4.04. The number of methoxy groups -OCH3 is 1. The fourth-order valence-electron chi connectivity index (χ4n) is 1.65. The molecule has 1 N–H and O–H groups in total. The Hall–Kier alpha value is -1.14. The molecule has 2 aromatic rings. The Kier molecular flexibility index (Phi) is 6.26. The van der Waals surface area contributed by atoms with Gasteiger partial charge >= 0.3 is 0 Å². The van der Waals surface area contributed by atoms with Crippen LogP contribution in [-0.4, -0.2) is 30.2 Å². The van der Waals surface area contributed by atoms with Crippen LogP contribution in [0.5, 0.6) is 0 Å². The fourth-order valence-corrected chi connectivity index (χ4v) is 2.85. The van der Waals surface area contributed by atoms with Gasteiger partial charge in [-0.2, -0.15) is 0 Å². The van der Waals surface area contributed by atoms with Gasteiger partial charge in [0.2, 0.25) is 0 Å². The number of ether oxygens (including phenoxy) is 1. The number of aromatic nitrogens is 2. The minimum atomic E-state index is 0.679. The summed E-state index contributed by atoms with van der Waals surface area (Å²) in [5.41, 5.74) is 1.08. The number of hydrogen-bond acceptors (Lipinski definition) is 5. The molecule has 4 nitrogen and oxygen atoms in total. The topological polar surface area (TPSA) is 47.0 Å². The van der Waals surface area contributed by atoms with Gasteiger partial charge in [0.15, 0.2) is 0 Å². The number of hydrogen-bond donors (Lipinski definition) is 1. The van der Waals surface area contributed by atoms with Crippen LogP contribution in [0.1, 0.15) is 5.56 Å². The van der Waals surface area contributed by atoms with Crippen molar-refractivity contribution in [3.8, 4) is 0 Å². The molecular formula is C14H16ClN3OS. The van der Waals surface area contributed by atoms with Crippen molar-refractivity contribution in [3.05, 3.63) is 47.4 Å². The van der Waals surface area contributed by atoms with Crippen molar-refractivity contribution in [2.45, 2.75) is 16.5 Å². The highest BCUT2D eigenvalue weighted by Gasteiger charge is 2.08. The molecule has 0 saturated heterocycles. The van der Waals surface area contributed by atoms with Gasteiger partial charge in [-0.3, -0.25) is 0 Å². The van der Waals surface area contributed by atoms with Gasteiger partial charge in [-0.1, -0.05) is 29.4 Å². The molecule has 0 aliphatic carbocycles. The summed E-state index contributed by atoms with van der Waals surface area (Å²) >= 11 is 7.88. The average Bonchev–Trinajstić information content (AvgIpc) is 2.47. The molecule has 0 unspecified atom stereocenters. The average molecular weight is 310 g/mol. The maximum absolute atomic E-state index is 6.29. The number of benzene rings is 1. The summed E-state index contributed by atoms with van der Waals surface area (Å²) in [6.45, 7) is 2.18. The first kappa shape index (κ1) is 15.3. The number of nitrogens with zero attached hydrogens (tertiary/aromatic N) is 2. The van der Waals surface area contributed by atoms with Gasteiger partial charge in [-0.15, -0.1) is 0 Å². The highest BCUT2D eigenvalue weighted by molar-refractivity contribution is 7.99. The zero-order chi connectivity index (χ0) is 14.2. The van der Waals surface area contributed by atoms with E-state index in [1.54, 1.807) is 31.4 Å². The summed E-state index contributed by atoms with van der Waals surface area (Å²) in [6.07, 6.45) is 3.28. The molecule has 106 valence electrons.